The van der Waals surface area contributed by atoms with E-state index in [1.165, 1.54) is 18.2 Å². The number of benzene rings is 1. The van der Waals surface area contributed by atoms with Crippen molar-refractivity contribution >= 4 is 29.2 Å². The highest BCUT2D eigenvalue weighted by Gasteiger charge is 2.24. The zero-order chi connectivity index (χ0) is 17.6. The van der Waals surface area contributed by atoms with E-state index in [-0.39, 0.29) is 22.9 Å². The third kappa shape index (κ3) is 5.20. The van der Waals surface area contributed by atoms with Gasteiger partial charge in [0, 0.05) is 11.2 Å². The van der Waals surface area contributed by atoms with Crippen molar-refractivity contribution < 1.29 is 19.8 Å². The molecule has 0 radical (unpaired) electrons. The van der Waals surface area contributed by atoms with Gasteiger partial charge in [0.05, 0.1) is 5.69 Å². The van der Waals surface area contributed by atoms with E-state index >= 15 is 0 Å². The second-order valence-corrected chi connectivity index (χ2v) is 5.45. The molecule has 1 rings (SSSR count). The van der Waals surface area contributed by atoms with Gasteiger partial charge in [0.2, 0.25) is 0 Å². The molecule has 0 spiro atoms. The van der Waals surface area contributed by atoms with E-state index in [0.29, 0.717) is 5.02 Å². The molecule has 0 aliphatic carbocycles. The number of amides is 1. The van der Waals surface area contributed by atoms with Crippen LogP contribution in [-0.2, 0) is 9.59 Å². The van der Waals surface area contributed by atoms with Crippen molar-refractivity contribution in [1.82, 2.24) is 5.32 Å². The number of anilines is 1. The number of halogens is 1. The van der Waals surface area contributed by atoms with Crippen molar-refractivity contribution in [2.24, 2.45) is 5.92 Å². The number of carboxylic acids is 1. The Morgan fingerprint density at radius 1 is 1.39 bits per heavy atom. The molecule has 0 fully saturated rings. The van der Waals surface area contributed by atoms with Crippen LogP contribution in [0.4, 0.5) is 5.69 Å². The Balaban J connectivity index is 2.91. The lowest BCUT2D eigenvalue weighted by molar-refractivity contribution is -0.142. The Kier molecular flexibility index (Phi) is 6.42. The van der Waals surface area contributed by atoms with E-state index in [4.69, 9.17) is 22.0 Å². The highest BCUT2D eigenvalue weighted by molar-refractivity contribution is 6.30. The average molecular weight is 338 g/mol. The number of aromatic hydroxyl groups is 1. The van der Waals surface area contributed by atoms with Crippen molar-refractivity contribution in [2.45, 2.75) is 19.9 Å². The summed E-state index contributed by atoms with van der Waals surface area (Å²) in [4.78, 5) is 23.0. The molecule has 1 aromatic rings. The molecule has 4 N–H and O–H groups in total. The van der Waals surface area contributed by atoms with Crippen LogP contribution in [0.5, 0.6) is 5.75 Å². The summed E-state index contributed by atoms with van der Waals surface area (Å²) in [6, 6.07) is 4.79. The maximum atomic E-state index is 12.0. The topological polar surface area (TPSA) is 122 Å². The Labute approximate surface area is 138 Å². The van der Waals surface area contributed by atoms with Gasteiger partial charge in [-0.25, -0.2) is 4.79 Å². The van der Waals surface area contributed by atoms with Crippen molar-refractivity contribution in [3.8, 4) is 11.8 Å². The van der Waals surface area contributed by atoms with Crippen LogP contribution >= 0.6 is 11.6 Å². The zero-order valence-electron chi connectivity index (χ0n) is 12.5. The van der Waals surface area contributed by atoms with Gasteiger partial charge >= 0.3 is 5.97 Å². The lowest BCUT2D eigenvalue weighted by atomic mass is 10.0. The van der Waals surface area contributed by atoms with Crippen molar-refractivity contribution in [2.75, 3.05) is 5.32 Å². The van der Waals surface area contributed by atoms with Crippen LogP contribution in [0.1, 0.15) is 13.8 Å². The number of aliphatic carboxylic acids is 1. The molecule has 0 heterocycles. The Hall–Kier alpha value is -2.72. The number of nitrogens with zero attached hydrogens (tertiary/aromatic N) is 1. The van der Waals surface area contributed by atoms with Gasteiger partial charge in [0.25, 0.3) is 5.91 Å². The van der Waals surface area contributed by atoms with Crippen LogP contribution in [-0.4, -0.2) is 28.1 Å². The number of carbonyl (C=O) groups excluding carboxylic acids is 1. The molecule has 1 aromatic carbocycles. The molecular formula is C15H16ClN3O4. The molecule has 23 heavy (non-hydrogen) atoms. The zero-order valence-corrected chi connectivity index (χ0v) is 13.3. The predicted molar refractivity (Wildman–Crippen MR) is 84.8 cm³/mol. The van der Waals surface area contributed by atoms with Crippen molar-refractivity contribution in [3.05, 3.63) is 35.0 Å². The van der Waals surface area contributed by atoms with Crippen LogP contribution in [0, 0.1) is 17.2 Å². The second kappa shape index (κ2) is 8.06. The number of carboxylic acid groups (broad SMARTS) is 1. The van der Waals surface area contributed by atoms with Crippen LogP contribution in [0.3, 0.4) is 0 Å². The van der Waals surface area contributed by atoms with E-state index < -0.39 is 17.9 Å². The average Bonchev–Trinajstić information content (AvgIpc) is 2.48. The minimum atomic E-state index is -1.19. The lowest BCUT2D eigenvalue weighted by Crippen LogP contribution is -2.44. The van der Waals surface area contributed by atoms with E-state index in [2.05, 4.69) is 10.6 Å². The van der Waals surface area contributed by atoms with Gasteiger partial charge in [-0.05, 0) is 24.1 Å². The Bertz CT molecular complexity index is 680. The summed E-state index contributed by atoms with van der Waals surface area (Å²) < 4.78 is 0. The molecule has 0 saturated carbocycles. The molecular weight excluding hydrogens is 322 g/mol. The fraction of sp³-hybridized carbons (Fsp3) is 0.267. The van der Waals surface area contributed by atoms with Crippen LogP contribution in [0.25, 0.3) is 0 Å². The van der Waals surface area contributed by atoms with E-state index in [1.807, 2.05) is 0 Å². The molecule has 8 heteroatoms. The van der Waals surface area contributed by atoms with Gasteiger partial charge < -0.3 is 20.8 Å². The first kappa shape index (κ1) is 18.3. The first-order valence-electron chi connectivity index (χ1n) is 6.65. The fourth-order valence-electron chi connectivity index (χ4n) is 1.65. The minimum Gasteiger partial charge on any atom is -0.506 e. The monoisotopic (exact) mass is 337 g/mol. The number of rotatable bonds is 6. The maximum absolute atomic E-state index is 12.0. The van der Waals surface area contributed by atoms with Gasteiger partial charge in [0.1, 0.15) is 23.4 Å². The smallest absolute Gasteiger partial charge is 0.326 e. The summed E-state index contributed by atoms with van der Waals surface area (Å²) in [6.45, 7) is 3.27. The summed E-state index contributed by atoms with van der Waals surface area (Å²) in [6.07, 6.45) is 1.07. The van der Waals surface area contributed by atoms with Gasteiger partial charge in [-0.15, -0.1) is 0 Å². The number of nitriles is 1. The van der Waals surface area contributed by atoms with Gasteiger partial charge in [-0.3, -0.25) is 4.79 Å². The molecule has 0 bridgehead atoms. The Morgan fingerprint density at radius 2 is 2.04 bits per heavy atom. The molecule has 0 aromatic heterocycles. The van der Waals surface area contributed by atoms with Gasteiger partial charge in [-0.1, -0.05) is 25.4 Å². The third-order valence-corrected chi connectivity index (χ3v) is 3.15. The Morgan fingerprint density at radius 3 is 2.57 bits per heavy atom. The summed E-state index contributed by atoms with van der Waals surface area (Å²) in [5.41, 5.74) is -0.132. The summed E-state index contributed by atoms with van der Waals surface area (Å²) in [5.74, 6) is -2.48. The predicted octanol–water partition coefficient (Wildman–Crippen LogP) is 2.09. The highest BCUT2D eigenvalue weighted by atomic mass is 35.5. The molecule has 122 valence electrons. The standard InChI is InChI=1S/C15H16ClN3O4/c1-8(2)13(15(22)23)19-14(21)9(6-17)7-18-11-5-10(16)3-4-12(11)20/h3-5,7-8,13,18,20H,1-2H3,(H,19,21)(H,22,23)/b9-7-. The SMILES string of the molecule is CC(C)C(NC(=O)/C(C#N)=C\Nc1cc(Cl)ccc1O)C(=O)O. The number of phenols is 1. The van der Waals surface area contributed by atoms with Crippen LogP contribution in [0.15, 0.2) is 30.0 Å². The third-order valence-electron chi connectivity index (χ3n) is 2.92. The first-order valence-corrected chi connectivity index (χ1v) is 7.03. The number of carbonyl (C=O) groups is 2. The quantitative estimate of drug-likeness (QED) is 0.358. The van der Waals surface area contributed by atoms with E-state index in [0.717, 1.165) is 6.20 Å². The van der Waals surface area contributed by atoms with Crippen molar-refractivity contribution in [3.63, 3.8) is 0 Å². The molecule has 0 aliphatic rings. The highest BCUT2D eigenvalue weighted by Crippen LogP contribution is 2.26. The normalized spacial score (nSPS) is 12.4. The number of phenolic OH excluding ortho intramolecular Hbond substituents is 1. The molecule has 1 unspecified atom stereocenters. The first-order chi connectivity index (χ1) is 10.8. The van der Waals surface area contributed by atoms with Crippen LogP contribution in [0.2, 0.25) is 5.02 Å². The summed E-state index contributed by atoms with van der Waals surface area (Å²) >= 11 is 5.79. The largest absolute Gasteiger partial charge is 0.506 e. The lowest BCUT2D eigenvalue weighted by Gasteiger charge is -2.17. The molecule has 7 nitrogen and oxygen atoms in total. The number of hydrogen-bond donors (Lipinski definition) is 4. The molecule has 1 atom stereocenters. The second-order valence-electron chi connectivity index (χ2n) is 5.01. The fourth-order valence-corrected chi connectivity index (χ4v) is 1.83. The molecule has 1 amide bonds. The summed E-state index contributed by atoms with van der Waals surface area (Å²) in [7, 11) is 0. The molecule has 0 saturated heterocycles. The molecule has 0 aliphatic heterocycles. The maximum Gasteiger partial charge on any atom is 0.326 e. The van der Waals surface area contributed by atoms with Crippen molar-refractivity contribution in [1.29, 1.82) is 5.26 Å². The minimum absolute atomic E-state index is 0.117. The van der Waals surface area contributed by atoms with Crippen LogP contribution < -0.4 is 10.6 Å². The van der Waals surface area contributed by atoms with E-state index in [1.54, 1.807) is 19.9 Å². The van der Waals surface area contributed by atoms with Gasteiger partial charge in [0.15, 0.2) is 0 Å². The van der Waals surface area contributed by atoms with E-state index in [9.17, 15) is 14.7 Å². The van der Waals surface area contributed by atoms with Gasteiger partial charge in [-0.2, -0.15) is 5.26 Å². The number of nitrogens with one attached hydrogen (secondary N) is 2. The number of hydrogen-bond acceptors (Lipinski definition) is 5. The summed E-state index contributed by atoms with van der Waals surface area (Å²) in [5, 5.41) is 32.9.